The minimum Gasteiger partial charge on any atom is -0.480 e. The van der Waals surface area contributed by atoms with E-state index < -0.39 is 23.6 Å². The smallest absolute Gasteiger partial charge is 0.328 e. The van der Waals surface area contributed by atoms with Crippen molar-refractivity contribution in [2.45, 2.75) is 25.5 Å². The van der Waals surface area contributed by atoms with Crippen LogP contribution in [0.4, 0.5) is 4.79 Å². The van der Waals surface area contributed by atoms with E-state index in [2.05, 4.69) is 5.32 Å². The number of rotatable bonds is 4. The second kappa shape index (κ2) is 6.01. The van der Waals surface area contributed by atoms with Gasteiger partial charge in [0.2, 0.25) is 0 Å². The molecule has 0 saturated carbocycles. The zero-order chi connectivity index (χ0) is 13.8. The normalized spacial score (nSPS) is 20.6. The van der Waals surface area contributed by atoms with Gasteiger partial charge in [0, 0.05) is 20.2 Å². The molecule has 0 aliphatic carbocycles. The van der Waals surface area contributed by atoms with Crippen molar-refractivity contribution in [2.24, 2.45) is 0 Å². The molecular weight excluding hydrogens is 240 g/mol. The molecule has 0 radical (unpaired) electrons. The Morgan fingerprint density at radius 1 is 1.56 bits per heavy atom. The standard InChI is InChI=1S/C11H20N2O5/c1-11(2,17-3)7-12-10(16)13-4-5-18-6-8(13)9(14)15/h8H,4-7H2,1-3H3,(H,12,16)(H,14,15). The SMILES string of the molecule is COC(C)(C)CNC(=O)N1CCOCC1C(=O)O. The molecule has 0 aromatic carbocycles. The highest BCUT2D eigenvalue weighted by Crippen LogP contribution is 2.09. The number of nitrogens with zero attached hydrogens (tertiary/aromatic N) is 1. The molecule has 1 unspecified atom stereocenters. The van der Waals surface area contributed by atoms with Gasteiger partial charge in [-0.2, -0.15) is 0 Å². The van der Waals surface area contributed by atoms with Crippen LogP contribution in [0.5, 0.6) is 0 Å². The molecule has 18 heavy (non-hydrogen) atoms. The monoisotopic (exact) mass is 260 g/mol. The second-order valence-corrected chi connectivity index (χ2v) is 4.74. The van der Waals surface area contributed by atoms with Gasteiger partial charge in [-0.3, -0.25) is 0 Å². The van der Waals surface area contributed by atoms with Crippen molar-refractivity contribution in [3.05, 3.63) is 0 Å². The van der Waals surface area contributed by atoms with E-state index in [1.54, 1.807) is 7.11 Å². The Morgan fingerprint density at radius 3 is 2.78 bits per heavy atom. The van der Waals surface area contributed by atoms with E-state index in [1.807, 2.05) is 13.8 Å². The highest BCUT2D eigenvalue weighted by atomic mass is 16.5. The Labute approximate surface area is 106 Å². The molecule has 0 aromatic rings. The van der Waals surface area contributed by atoms with Gasteiger partial charge in [0.15, 0.2) is 6.04 Å². The van der Waals surface area contributed by atoms with Crippen LogP contribution in [0.2, 0.25) is 0 Å². The summed E-state index contributed by atoms with van der Waals surface area (Å²) in [5, 5.41) is 11.7. The number of ether oxygens (including phenoxy) is 2. The molecule has 2 N–H and O–H groups in total. The number of urea groups is 1. The quantitative estimate of drug-likeness (QED) is 0.737. The number of amides is 2. The van der Waals surface area contributed by atoms with E-state index in [-0.39, 0.29) is 13.2 Å². The maximum Gasteiger partial charge on any atom is 0.328 e. The van der Waals surface area contributed by atoms with Gasteiger partial charge in [-0.25, -0.2) is 9.59 Å². The van der Waals surface area contributed by atoms with Gasteiger partial charge in [-0.1, -0.05) is 0 Å². The van der Waals surface area contributed by atoms with E-state index in [0.29, 0.717) is 13.2 Å². The number of morpholine rings is 1. The van der Waals surface area contributed by atoms with Crippen LogP contribution in [0, 0.1) is 0 Å². The van der Waals surface area contributed by atoms with E-state index in [9.17, 15) is 9.59 Å². The number of methoxy groups -OCH3 is 1. The van der Waals surface area contributed by atoms with Gasteiger partial charge in [0.25, 0.3) is 0 Å². The molecule has 1 aliphatic heterocycles. The molecule has 1 fully saturated rings. The summed E-state index contributed by atoms with van der Waals surface area (Å²) in [6.45, 7) is 4.63. The highest BCUT2D eigenvalue weighted by Gasteiger charge is 2.33. The topological polar surface area (TPSA) is 88.1 Å². The third-order valence-corrected chi connectivity index (χ3v) is 2.89. The summed E-state index contributed by atoms with van der Waals surface area (Å²) in [5.41, 5.74) is -0.485. The fourth-order valence-corrected chi connectivity index (χ4v) is 1.51. The van der Waals surface area contributed by atoms with E-state index >= 15 is 0 Å². The molecule has 7 heteroatoms. The van der Waals surface area contributed by atoms with Crippen LogP contribution in [0.15, 0.2) is 0 Å². The second-order valence-electron chi connectivity index (χ2n) is 4.74. The van der Waals surface area contributed by atoms with Gasteiger partial charge >= 0.3 is 12.0 Å². The predicted molar refractivity (Wildman–Crippen MR) is 63.4 cm³/mol. The average molecular weight is 260 g/mol. The number of carbonyl (C=O) groups excluding carboxylic acids is 1. The molecular formula is C11H20N2O5. The largest absolute Gasteiger partial charge is 0.480 e. The van der Waals surface area contributed by atoms with Crippen LogP contribution in [0.25, 0.3) is 0 Å². The highest BCUT2D eigenvalue weighted by molar-refractivity contribution is 5.83. The van der Waals surface area contributed by atoms with Crippen molar-refractivity contribution in [3.8, 4) is 0 Å². The molecule has 1 saturated heterocycles. The number of nitrogens with one attached hydrogen (secondary N) is 1. The Kier molecular flexibility index (Phi) is 4.92. The Balaban J connectivity index is 2.56. The summed E-state index contributed by atoms with van der Waals surface area (Å²) >= 11 is 0. The third kappa shape index (κ3) is 3.85. The molecule has 0 spiro atoms. The predicted octanol–water partition coefficient (Wildman–Crippen LogP) is -0.0936. The number of carbonyl (C=O) groups is 2. The Morgan fingerprint density at radius 2 is 2.22 bits per heavy atom. The summed E-state index contributed by atoms with van der Waals surface area (Å²) in [4.78, 5) is 24.2. The fraction of sp³-hybridized carbons (Fsp3) is 0.818. The van der Waals surface area contributed by atoms with Gasteiger partial charge in [-0.15, -0.1) is 0 Å². The first-order valence-corrected chi connectivity index (χ1v) is 5.77. The lowest BCUT2D eigenvalue weighted by atomic mass is 10.1. The van der Waals surface area contributed by atoms with E-state index in [1.165, 1.54) is 4.90 Å². The summed E-state index contributed by atoms with van der Waals surface area (Å²) in [6, 6.07) is -1.33. The molecule has 0 aromatic heterocycles. The summed E-state index contributed by atoms with van der Waals surface area (Å²) < 4.78 is 10.2. The molecule has 1 rings (SSSR count). The first-order chi connectivity index (χ1) is 8.37. The Hall–Kier alpha value is -1.34. The average Bonchev–Trinajstić information content (AvgIpc) is 2.36. The number of hydrogen-bond acceptors (Lipinski definition) is 4. The number of carboxylic acid groups (broad SMARTS) is 1. The van der Waals surface area contributed by atoms with Crippen LogP contribution in [0.1, 0.15) is 13.8 Å². The van der Waals surface area contributed by atoms with Gasteiger partial charge < -0.3 is 24.8 Å². The van der Waals surface area contributed by atoms with Crippen LogP contribution < -0.4 is 5.32 Å². The molecule has 1 aliphatic rings. The van der Waals surface area contributed by atoms with E-state index in [4.69, 9.17) is 14.6 Å². The Bertz CT molecular complexity index is 319. The number of carboxylic acids is 1. The molecule has 7 nitrogen and oxygen atoms in total. The fourth-order valence-electron chi connectivity index (χ4n) is 1.51. The van der Waals surface area contributed by atoms with Crippen molar-refractivity contribution in [3.63, 3.8) is 0 Å². The van der Waals surface area contributed by atoms with Crippen molar-refractivity contribution in [1.82, 2.24) is 10.2 Å². The van der Waals surface area contributed by atoms with Crippen LogP contribution in [0.3, 0.4) is 0 Å². The summed E-state index contributed by atoms with van der Waals surface area (Å²) in [7, 11) is 1.56. The molecule has 2 amide bonds. The lowest BCUT2D eigenvalue weighted by molar-refractivity contribution is -0.147. The van der Waals surface area contributed by atoms with Crippen molar-refractivity contribution < 1.29 is 24.2 Å². The minimum absolute atomic E-state index is 0.0242. The lowest BCUT2D eigenvalue weighted by Gasteiger charge is -2.34. The van der Waals surface area contributed by atoms with Crippen LogP contribution >= 0.6 is 0 Å². The van der Waals surface area contributed by atoms with Crippen molar-refractivity contribution in [1.29, 1.82) is 0 Å². The molecule has 1 atom stereocenters. The van der Waals surface area contributed by atoms with Crippen LogP contribution in [-0.2, 0) is 14.3 Å². The summed E-state index contributed by atoms with van der Waals surface area (Å²) in [5.74, 6) is -1.06. The van der Waals surface area contributed by atoms with Crippen LogP contribution in [-0.4, -0.2) is 67.1 Å². The maximum absolute atomic E-state index is 11.9. The van der Waals surface area contributed by atoms with E-state index in [0.717, 1.165) is 0 Å². The molecule has 1 heterocycles. The first kappa shape index (κ1) is 14.7. The maximum atomic E-state index is 11.9. The zero-order valence-electron chi connectivity index (χ0n) is 10.9. The van der Waals surface area contributed by atoms with Crippen molar-refractivity contribution >= 4 is 12.0 Å². The van der Waals surface area contributed by atoms with Gasteiger partial charge in [0.1, 0.15) is 0 Å². The molecule has 104 valence electrons. The number of hydrogen-bond donors (Lipinski definition) is 2. The first-order valence-electron chi connectivity index (χ1n) is 5.77. The van der Waals surface area contributed by atoms with Gasteiger partial charge in [0.05, 0.1) is 18.8 Å². The van der Waals surface area contributed by atoms with Gasteiger partial charge in [-0.05, 0) is 13.8 Å². The molecule has 0 bridgehead atoms. The number of aliphatic carboxylic acids is 1. The zero-order valence-corrected chi connectivity index (χ0v) is 10.9. The minimum atomic E-state index is -1.06. The summed E-state index contributed by atoms with van der Waals surface area (Å²) in [6.07, 6.45) is 0. The third-order valence-electron chi connectivity index (χ3n) is 2.89. The van der Waals surface area contributed by atoms with Crippen molar-refractivity contribution in [2.75, 3.05) is 33.4 Å². The lowest BCUT2D eigenvalue weighted by Crippen LogP contribution is -2.57.